The minimum atomic E-state index is -0.435. The van der Waals surface area contributed by atoms with E-state index in [4.69, 9.17) is 4.74 Å². The molecule has 0 spiro atoms. The van der Waals surface area contributed by atoms with Gasteiger partial charge in [0.2, 0.25) is 0 Å². The van der Waals surface area contributed by atoms with Crippen molar-refractivity contribution in [2.24, 2.45) is 0 Å². The number of hydrogen-bond donors (Lipinski definition) is 1. The van der Waals surface area contributed by atoms with E-state index in [2.05, 4.69) is 17.4 Å². The first kappa shape index (κ1) is 15.2. The maximum Gasteiger partial charge on any atom is 0.407 e. The van der Waals surface area contributed by atoms with E-state index in [1.807, 2.05) is 39.0 Å². The molecule has 5 heteroatoms. The predicted octanol–water partition coefficient (Wildman–Crippen LogP) is 3.95. The molecule has 0 aliphatic carbocycles. The van der Waals surface area contributed by atoms with Crippen molar-refractivity contribution in [1.82, 2.24) is 5.32 Å². The molecule has 0 aromatic heterocycles. The topological polar surface area (TPSA) is 38.3 Å². The molecule has 0 saturated carbocycles. The van der Waals surface area contributed by atoms with Crippen LogP contribution in [0.15, 0.2) is 35.2 Å². The Morgan fingerprint density at radius 2 is 1.94 bits per heavy atom. The van der Waals surface area contributed by atoms with Crippen LogP contribution in [0.3, 0.4) is 0 Å². The van der Waals surface area contributed by atoms with Gasteiger partial charge in [0.1, 0.15) is 5.60 Å². The number of rotatable bonds is 5. The number of carbonyl (C=O) groups excluding carboxylic acids is 1. The van der Waals surface area contributed by atoms with Gasteiger partial charge in [0, 0.05) is 17.2 Å². The molecule has 0 bridgehead atoms. The third kappa shape index (κ3) is 7.50. The number of carbonyl (C=O) groups is 1. The van der Waals surface area contributed by atoms with E-state index in [-0.39, 0.29) is 6.09 Å². The molecule has 0 atom stereocenters. The molecule has 1 aromatic carbocycles. The highest BCUT2D eigenvalue weighted by atomic mass is 33.1. The van der Waals surface area contributed by atoms with Crippen LogP contribution in [0.5, 0.6) is 0 Å². The summed E-state index contributed by atoms with van der Waals surface area (Å²) in [7, 11) is 3.42. The molecule has 18 heavy (non-hydrogen) atoms. The number of nitrogens with one attached hydrogen (secondary N) is 1. The molecule has 0 unspecified atom stereocenters. The fourth-order valence-electron chi connectivity index (χ4n) is 1.09. The summed E-state index contributed by atoms with van der Waals surface area (Å²) >= 11 is 0. The van der Waals surface area contributed by atoms with Gasteiger partial charge >= 0.3 is 6.09 Å². The molecule has 0 aliphatic heterocycles. The van der Waals surface area contributed by atoms with Gasteiger partial charge in [0.25, 0.3) is 0 Å². The number of ether oxygens (including phenoxy) is 1. The molecule has 3 nitrogen and oxygen atoms in total. The van der Waals surface area contributed by atoms with Gasteiger partial charge in [-0.2, -0.15) is 0 Å². The summed E-state index contributed by atoms with van der Waals surface area (Å²) in [5.74, 6) is 0.846. The van der Waals surface area contributed by atoms with Crippen LogP contribution < -0.4 is 5.32 Å². The predicted molar refractivity (Wildman–Crippen MR) is 79.0 cm³/mol. The fourth-order valence-corrected chi connectivity index (χ4v) is 3.01. The highest BCUT2D eigenvalue weighted by Crippen LogP contribution is 2.29. The Morgan fingerprint density at radius 3 is 2.56 bits per heavy atom. The lowest BCUT2D eigenvalue weighted by Gasteiger charge is -2.19. The maximum absolute atomic E-state index is 11.3. The van der Waals surface area contributed by atoms with Crippen molar-refractivity contribution in [2.45, 2.75) is 31.3 Å². The fraction of sp³-hybridized carbons (Fsp3) is 0.462. The van der Waals surface area contributed by atoms with E-state index in [0.717, 1.165) is 5.75 Å². The van der Waals surface area contributed by atoms with Gasteiger partial charge in [-0.25, -0.2) is 4.79 Å². The number of amides is 1. The van der Waals surface area contributed by atoms with Crippen LogP contribution in [0.4, 0.5) is 4.79 Å². The first-order valence-corrected chi connectivity index (χ1v) is 8.11. The Bertz CT molecular complexity index is 363. The van der Waals surface area contributed by atoms with Crippen LogP contribution >= 0.6 is 21.6 Å². The van der Waals surface area contributed by atoms with Crippen molar-refractivity contribution >= 4 is 27.7 Å². The zero-order chi connectivity index (χ0) is 13.4. The standard InChI is InChI=1S/C13H19NO2S2/c1-13(2,3)16-12(15)14-9-10-17-18-11-7-5-4-6-8-11/h4-8H,9-10H2,1-3H3,(H,14,15). The van der Waals surface area contributed by atoms with Crippen molar-refractivity contribution in [3.8, 4) is 0 Å². The summed E-state index contributed by atoms with van der Waals surface area (Å²) in [6, 6.07) is 10.2. The first-order valence-electron chi connectivity index (χ1n) is 5.79. The average Bonchev–Trinajstić information content (AvgIpc) is 2.27. The molecular weight excluding hydrogens is 266 g/mol. The van der Waals surface area contributed by atoms with E-state index in [1.165, 1.54) is 4.90 Å². The minimum Gasteiger partial charge on any atom is -0.444 e. The average molecular weight is 285 g/mol. The molecule has 0 fully saturated rings. The lowest BCUT2D eigenvalue weighted by molar-refractivity contribution is 0.0531. The quantitative estimate of drug-likeness (QED) is 0.656. The normalized spacial score (nSPS) is 11.1. The molecule has 100 valence electrons. The summed E-state index contributed by atoms with van der Waals surface area (Å²) in [6.07, 6.45) is -0.354. The van der Waals surface area contributed by atoms with Crippen molar-refractivity contribution < 1.29 is 9.53 Å². The largest absolute Gasteiger partial charge is 0.444 e. The van der Waals surface area contributed by atoms with E-state index in [9.17, 15) is 4.79 Å². The van der Waals surface area contributed by atoms with Gasteiger partial charge in [-0.05, 0) is 32.9 Å². The van der Waals surface area contributed by atoms with Crippen LogP contribution in [0.1, 0.15) is 20.8 Å². The van der Waals surface area contributed by atoms with Crippen LogP contribution in [0.2, 0.25) is 0 Å². The molecule has 1 aromatic rings. The van der Waals surface area contributed by atoms with Crippen molar-refractivity contribution in [3.63, 3.8) is 0 Å². The van der Waals surface area contributed by atoms with Crippen LogP contribution in [0.25, 0.3) is 0 Å². The second kappa shape index (κ2) is 7.59. The molecule has 0 aliphatic rings. The lowest BCUT2D eigenvalue weighted by Crippen LogP contribution is -2.33. The van der Waals surface area contributed by atoms with Crippen LogP contribution in [-0.4, -0.2) is 24.0 Å². The van der Waals surface area contributed by atoms with Gasteiger partial charge in [-0.1, -0.05) is 39.8 Å². The number of hydrogen-bond acceptors (Lipinski definition) is 4. The molecule has 0 heterocycles. The van der Waals surface area contributed by atoms with Gasteiger partial charge in [0.15, 0.2) is 0 Å². The Kier molecular flexibility index (Phi) is 6.43. The summed E-state index contributed by atoms with van der Waals surface area (Å²) in [5, 5.41) is 2.73. The summed E-state index contributed by atoms with van der Waals surface area (Å²) in [6.45, 7) is 6.17. The second-order valence-corrected chi connectivity index (χ2v) is 7.14. The lowest BCUT2D eigenvalue weighted by atomic mass is 10.2. The monoisotopic (exact) mass is 285 g/mol. The highest BCUT2D eigenvalue weighted by molar-refractivity contribution is 8.76. The highest BCUT2D eigenvalue weighted by Gasteiger charge is 2.15. The summed E-state index contributed by atoms with van der Waals surface area (Å²) in [4.78, 5) is 12.6. The summed E-state index contributed by atoms with van der Waals surface area (Å²) in [5.41, 5.74) is -0.435. The SMILES string of the molecule is CC(C)(C)OC(=O)NCCSSc1ccccc1. The van der Waals surface area contributed by atoms with E-state index in [1.54, 1.807) is 21.6 Å². The van der Waals surface area contributed by atoms with Gasteiger partial charge in [0.05, 0.1) is 0 Å². The van der Waals surface area contributed by atoms with Crippen molar-refractivity contribution in [3.05, 3.63) is 30.3 Å². The van der Waals surface area contributed by atoms with Gasteiger partial charge in [-0.15, -0.1) is 0 Å². The van der Waals surface area contributed by atoms with Gasteiger partial charge < -0.3 is 10.1 Å². The second-order valence-electron chi connectivity index (χ2n) is 4.65. The third-order valence-corrected chi connectivity index (χ3v) is 4.14. The Labute approximate surface area is 116 Å². The van der Waals surface area contributed by atoms with E-state index in [0.29, 0.717) is 6.54 Å². The van der Waals surface area contributed by atoms with E-state index >= 15 is 0 Å². The minimum absolute atomic E-state index is 0.354. The molecule has 1 amide bonds. The Morgan fingerprint density at radius 1 is 1.28 bits per heavy atom. The zero-order valence-electron chi connectivity index (χ0n) is 10.9. The first-order chi connectivity index (χ1) is 8.47. The van der Waals surface area contributed by atoms with Crippen molar-refractivity contribution in [1.29, 1.82) is 0 Å². The van der Waals surface area contributed by atoms with Gasteiger partial charge in [-0.3, -0.25) is 0 Å². The molecule has 1 rings (SSSR count). The third-order valence-electron chi connectivity index (χ3n) is 1.75. The molecule has 1 N–H and O–H groups in total. The maximum atomic E-state index is 11.3. The summed E-state index contributed by atoms with van der Waals surface area (Å²) < 4.78 is 5.14. The van der Waals surface area contributed by atoms with E-state index < -0.39 is 5.60 Å². The molecule has 0 radical (unpaired) electrons. The van der Waals surface area contributed by atoms with Crippen LogP contribution in [0, 0.1) is 0 Å². The van der Waals surface area contributed by atoms with Crippen molar-refractivity contribution in [2.75, 3.05) is 12.3 Å². The molecule has 0 saturated heterocycles. The zero-order valence-corrected chi connectivity index (χ0v) is 12.6. The van der Waals surface area contributed by atoms with Crippen LogP contribution in [-0.2, 0) is 4.74 Å². The number of benzene rings is 1. The Balaban J connectivity index is 2.07. The smallest absolute Gasteiger partial charge is 0.407 e. The molecular formula is C13H19NO2S2. The Hall–Kier alpha value is -0.810. The number of alkyl carbamates (subject to hydrolysis) is 1.